The molecular weight excluding hydrogens is 301 g/mol. The second-order valence-corrected chi connectivity index (χ2v) is 5.51. The lowest BCUT2D eigenvalue weighted by atomic mass is 10.1. The molecule has 1 fully saturated rings. The van der Waals surface area contributed by atoms with Crippen molar-refractivity contribution >= 4 is 11.8 Å². The SMILES string of the molecule is CN(Cc1cnn(C)c1)C(=O)[C@H]1CC(=O)N(CC(F)(F)F)C1. The van der Waals surface area contributed by atoms with E-state index in [1.807, 2.05) is 0 Å². The molecule has 0 saturated carbocycles. The Kier molecular flexibility index (Phi) is 4.43. The summed E-state index contributed by atoms with van der Waals surface area (Å²) in [6, 6.07) is 0. The maximum absolute atomic E-state index is 12.4. The summed E-state index contributed by atoms with van der Waals surface area (Å²) >= 11 is 0. The highest BCUT2D eigenvalue weighted by Gasteiger charge is 2.41. The number of aryl methyl sites for hydroxylation is 1. The van der Waals surface area contributed by atoms with Gasteiger partial charge in [-0.25, -0.2) is 0 Å². The number of hydrogen-bond donors (Lipinski definition) is 0. The van der Waals surface area contributed by atoms with Crippen molar-refractivity contribution < 1.29 is 22.8 Å². The van der Waals surface area contributed by atoms with Crippen molar-refractivity contribution in [2.75, 3.05) is 20.1 Å². The fourth-order valence-corrected chi connectivity index (χ4v) is 2.52. The Hall–Kier alpha value is -2.06. The van der Waals surface area contributed by atoms with E-state index in [0.29, 0.717) is 11.4 Å². The molecule has 2 amide bonds. The first-order chi connectivity index (χ1) is 10.2. The highest BCUT2D eigenvalue weighted by molar-refractivity contribution is 5.89. The Bertz CT molecular complexity index is 570. The lowest BCUT2D eigenvalue weighted by Gasteiger charge is -2.21. The topological polar surface area (TPSA) is 58.4 Å². The standard InChI is InChI=1S/C13H17F3N4O2/c1-18(5-9-4-17-19(2)6-9)12(22)10-3-11(21)20(7-10)8-13(14,15)16/h4,6,10H,3,5,7-8H2,1-2H3/t10-/m0/s1. The van der Waals surface area contributed by atoms with Gasteiger partial charge in [0, 0.05) is 45.4 Å². The first-order valence-corrected chi connectivity index (χ1v) is 6.73. The molecule has 0 aromatic carbocycles. The molecule has 1 atom stereocenters. The van der Waals surface area contributed by atoms with E-state index in [1.54, 1.807) is 31.2 Å². The molecule has 1 aliphatic rings. The second kappa shape index (κ2) is 5.98. The Morgan fingerprint density at radius 2 is 2.18 bits per heavy atom. The summed E-state index contributed by atoms with van der Waals surface area (Å²) < 4.78 is 38.7. The van der Waals surface area contributed by atoms with Gasteiger partial charge in [0.15, 0.2) is 0 Å². The van der Waals surface area contributed by atoms with Crippen LogP contribution in [0.4, 0.5) is 13.2 Å². The van der Waals surface area contributed by atoms with Crippen LogP contribution in [0.2, 0.25) is 0 Å². The van der Waals surface area contributed by atoms with Gasteiger partial charge in [0.1, 0.15) is 6.54 Å². The normalized spacial score (nSPS) is 18.9. The van der Waals surface area contributed by atoms with Crippen LogP contribution in [-0.4, -0.2) is 57.7 Å². The quantitative estimate of drug-likeness (QED) is 0.825. The minimum atomic E-state index is -4.45. The third-order valence-corrected chi connectivity index (χ3v) is 3.49. The van der Waals surface area contributed by atoms with Gasteiger partial charge in [0.2, 0.25) is 11.8 Å². The second-order valence-electron chi connectivity index (χ2n) is 5.51. The van der Waals surface area contributed by atoms with Crippen molar-refractivity contribution in [1.82, 2.24) is 19.6 Å². The van der Waals surface area contributed by atoms with Crippen LogP contribution in [0.25, 0.3) is 0 Å². The number of aromatic nitrogens is 2. The number of nitrogens with zero attached hydrogens (tertiary/aromatic N) is 4. The molecule has 1 saturated heterocycles. The minimum Gasteiger partial charge on any atom is -0.341 e. The van der Waals surface area contributed by atoms with Crippen LogP contribution in [0, 0.1) is 5.92 Å². The van der Waals surface area contributed by atoms with Gasteiger partial charge in [-0.1, -0.05) is 0 Å². The number of halogens is 3. The van der Waals surface area contributed by atoms with E-state index in [-0.39, 0.29) is 18.9 Å². The summed E-state index contributed by atoms with van der Waals surface area (Å²) in [6.07, 6.45) is -1.26. The van der Waals surface area contributed by atoms with Gasteiger partial charge in [0.05, 0.1) is 12.1 Å². The summed E-state index contributed by atoms with van der Waals surface area (Å²) in [5.74, 6) is -1.69. The Morgan fingerprint density at radius 3 is 2.73 bits per heavy atom. The monoisotopic (exact) mass is 318 g/mol. The first kappa shape index (κ1) is 16.3. The molecule has 0 bridgehead atoms. The fraction of sp³-hybridized carbons (Fsp3) is 0.615. The average Bonchev–Trinajstić information content (AvgIpc) is 2.94. The van der Waals surface area contributed by atoms with E-state index in [2.05, 4.69) is 5.10 Å². The maximum atomic E-state index is 12.4. The van der Waals surface area contributed by atoms with E-state index in [0.717, 1.165) is 5.56 Å². The molecular formula is C13H17F3N4O2. The van der Waals surface area contributed by atoms with Crippen molar-refractivity contribution in [3.63, 3.8) is 0 Å². The number of rotatable bonds is 4. The van der Waals surface area contributed by atoms with Crippen LogP contribution in [0.3, 0.4) is 0 Å². The van der Waals surface area contributed by atoms with Gasteiger partial charge in [-0.3, -0.25) is 14.3 Å². The molecule has 1 aromatic heterocycles. The highest BCUT2D eigenvalue weighted by atomic mass is 19.4. The van der Waals surface area contributed by atoms with Crippen LogP contribution < -0.4 is 0 Å². The fourth-order valence-electron chi connectivity index (χ4n) is 2.52. The van der Waals surface area contributed by atoms with Crippen LogP contribution in [0.1, 0.15) is 12.0 Å². The number of carbonyl (C=O) groups excluding carboxylic acids is 2. The van der Waals surface area contributed by atoms with E-state index in [9.17, 15) is 22.8 Å². The van der Waals surface area contributed by atoms with Gasteiger partial charge in [0.25, 0.3) is 0 Å². The van der Waals surface area contributed by atoms with Gasteiger partial charge < -0.3 is 9.80 Å². The molecule has 1 aromatic rings. The van der Waals surface area contributed by atoms with Gasteiger partial charge in [-0.15, -0.1) is 0 Å². The van der Waals surface area contributed by atoms with Gasteiger partial charge >= 0.3 is 6.18 Å². The average molecular weight is 318 g/mol. The molecule has 0 N–H and O–H groups in total. The molecule has 0 radical (unpaired) electrons. The zero-order valence-corrected chi connectivity index (χ0v) is 12.3. The molecule has 2 rings (SSSR count). The predicted molar refractivity (Wildman–Crippen MR) is 70.4 cm³/mol. The number of likely N-dealkylation sites (tertiary alicyclic amines) is 1. The zero-order chi connectivity index (χ0) is 16.5. The number of carbonyl (C=O) groups is 2. The summed E-state index contributed by atoms with van der Waals surface area (Å²) in [4.78, 5) is 25.9. The molecule has 9 heteroatoms. The van der Waals surface area contributed by atoms with Crippen molar-refractivity contribution in [2.24, 2.45) is 13.0 Å². The molecule has 122 valence electrons. The van der Waals surface area contributed by atoms with Crippen LogP contribution in [0.15, 0.2) is 12.4 Å². The van der Waals surface area contributed by atoms with E-state index in [1.165, 1.54) is 4.90 Å². The number of amides is 2. The minimum absolute atomic E-state index is 0.174. The van der Waals surface area contributed by atoms with E-state index in [4.69, 9.17) is 0 Å². The molecule has 1 aliphatic heterocycles. The van der Waals surface area contributed by atoms with Gasteiger partial charge in [-0.2, -0.15) is 18.3 Å². The van der Waals surface area contributed by atoms with Crippen molar-refractivity contribution in [3.8, 4) is 0 Å². The molecule has 0 unspecified atom stereocenters. The Balaban J connectivity index is 1.94. The Labute approximate surface area is 125 Å². The van der Waals surface area contributed by atoms with Crippen LogP contribution in [-0.2, 0) is 23.2 Å². The molecule has 2 heterocycles. The van der Waals surface area contributed by atoms with Crippen molar-refractivity contribution in [3.05, 3.63) is 18.0 Å². The summed E-state index contributed by atoms with van der Waals surface area (Å²) in [5, 5.41) is 3.98. The molecule has 0 aliphatic carbocycles. The smallest absolute Gasteiger partial charge is 0.341 e. The Morgan fingerprint density at radius 1 is 1.50 bits per heavy atom. The zero-order valence-electron chi connectivity index (χ0n) is 12.3. The first-order valence-electron chi connectivity index (χ1n) is 6.73. The lowest BCUT2D eigenvalue weighted by Crippen LogP contribution is -2.37. The van der Waals surface area contributed by atoms with Crippen LogP contribution >= 0.6 is 0 Å². The van der Waals surface area contributed by atoms with Crippen molar-refractivity contribution in [1.29, 1.82) is 0 Å². The third kappa shape index (κ3) is 3.99. The molecule has 0 spiro atoms. The summed E-state index contributed by atoms with van der Waals surface area (Å²) in [5.41, 5.74) is 0.815. The molecule has 22 heavy (non-hydrogen) atoms. The molecule has 6 nitrogen and oxygen atoms in total. The number of hydrogen-bond acceptors (Lipinski definition) is 3. The van der Waals surface area contributed by atoms with Crippen molar-refractivity contribution in [2.45, 2.75) is 19.1 Å². The maximum Gasteiger partial charge on any atom is 0.406 e. The third-order valence-electron chi connectivity index (χ3n) is 3.49. The van der Waals surface area contributed by atoms with E-state index >= 15 is 0 Å². The van der Waals surface area contributed by atoms with Crippen LogP contribution in [0.5, 0.6) is 0 Å². The highest BCUT2D eigenvalue weighted by Crippen LogP contribution is 2.25. The lowest BCUT2D eigenvalue weighted by molar-refractivity contribution is -0.157. The predicted octanol–water partition coefficient (Wildman–Crippen LogP) is 0.789. The summed E-state index contributed by atoms with van der Waals surface area (Å²) in [6.45, 7) is -1.19. The van der Waals surface area contributed by atoms with Gasteiger partial charge in [-0.05, 0) is 0 Å². The summed E-state index contributed by atoms with van der Waals surface area (Å²) in [7, 11) is 3.31. The van der Waals surface area contributed by atoms with E-state index < -0.39 is 24.5 Å². The number of alkyl halides is 3. The largest absolute Gasteiger partial charge is 0.406 e.